The topological polar surface area (TPSA) is 80.8 Å². The highest BCUT2D eigenvalue weighted by atomic mass is 32.2. The Morgan fingerprint density at radius 3 is 2.19 bits per heavy atom. The van der Waals surface area contributed by atoms with Crippen LogP contribution >= 0.6 is 0 Å². The van der Waals surface area contributed by atoms with Crippen LogP contribution in [0.1, 0.15) is 36.7 Å². The van der Waals surface area contributed by atoms with Crippen LogP contribution in [-0.2, 0) is 19.6 Å². The molecule has 3 aromatic carbocycles. The van der Waals surface area contributed by atoms with Crippen LogP contribution in [0.4, 0.5) is 0 Å². The molecule has 0 spiro atoms. The van der Waals surface area contributed by atoms with Gasteiger partial charge in [-0.25, -0.2) is 8.42 Å². The van der Waals surface area contributed by atoms with Crippen molar-refractivity contribution in [3.63, 3.8) is 0 Å². The molecule has 0 fully saturated rings. The van der Waals surface area contributed by atoms with Crippen molar-refractivity contribution in [3.8, 4) is 0 Å². The van der Waals surface area contributed by atoms with Gasteiger partial charge in [-0.3, -0.25) is 13.9 Å². The number of rotatable bonds is 3. The molecule has 0 saturated heterocycles. The molecule has 1 aliphatic rings. The predicted octanol–water partition coefficient (Wildman–Crippen LogP) is 4.61. The first-order valence-corrected chi connectivity index (χ1v) is 11.5. The Kier molecular flexibility index (Phi) is 5.17. The third-order valence-electron chi connectivity index (χ3n) is 5.33. The standard InChI is InChI=1S/C25H23NO5S/c1-25(2,3)24(28)31-23-19-11-7-8-12-20(19)32(29,30)26(4)21(23)22(27)18-14-13-16-9-5-6-10-17(16)15-18/h5-15H,1-4H3. The first-order chi connectivity index (χ1) is 15.0. The molecule has 4 rings (SSSR count). The molecule has 0 aliphatic carbocycles. The number of carbonyl (C=O) groups is 2. The van der Waals surface area contributed by atoms with Crippen LogP contribution in [0.5, 0.6) is 0 Å². The average molecular weight is 450 g/mol. The molecule has 0 bridgehead atoms. The number of ether oxygens (including phenoxy) is 1. The molecule has 32 heavy (non-hydrogen) atoms. The Morgan fingerprint density at radius 2 is 1.50 bits per heavy atom. The van der Waals surface area contributed by atoms with Crippen molar-refractivity contribution in [2.24, 2.45) is 5.41 Å². The van der Waals surface area contributed by atoms with Gasteiger partial charge in [0.15, 0.2) is 5.76 Å². The highest BCUT2D eigenvalue weighted by Gasteiger charge is 2.40. The molecule has 0 atom stereocenters. The highest BCUT2D eigenvalue weighted by Crippen LogP contribution is 2.39. The number of fused-ring (bicyclic) bond motifs is 2. The maximum absolute atomic E-state index is 13.6. The summed E-state index contributed by atoms with van der Waals surface area (Å²) in [6, 6.07) is 18.9. The zero-order valence-corrected chi connectivity index (χ0v) is 19.1. The van der Waals surface area contributed by atoms with E-state index < -0.39 is 27.2 Å². The average Bonchev–Trinajstić information content (AvgIpc) is 2.76. The summed E-state index contributed by atoms with van der Waals surface area (Å²) in [6.45, 7) is 5.07. The van der Waals surface area contributed by atoms with Crippen molar-refractivity contribution < 1.29 is 22.7 Å². The van der Waals surface area contributed by atoms with E-state index in [2.05, 4.69) is 0 Å². The molecule has 0 saturated carbocycles. The first kappa shape index (κ1) is 21.8. The monoisotopic (exact) mass is 449 g/mol. The van der Waals surface area contributed by atoms with Gasteiger partial charge in [0.05, 0.1) is 10.3 Å². The number of allylic oxidation sites excluding steroid dienone is 1. The van der Waals surface area contributed by atoms with Crippen LogP contribution in [0, 0.1) is 5.41 Å². The maximum Gasteiger partial charge on any atom is 0.316 e. The molecule has 0 aromatic heterocycles. The number of hydrogen-bond donors (Lipinski definition) is 0. The summed E-state index contributed by atoms with van der Waals surface area (Å²) in [7, 11) is -2.71. The summed E-state index contributed by atoms with van der Waals surface area (Å²) >= 11 is 0. The number of benzene rings is 3. The normalized spacial score (nSPS) is 15.4. The second-order valence-electron chi connectivity index (χ2n) is 8.68. The van der Waals surface area contributed by atoms with Crippen LogP contribution in [0.3, 0.4) is 0 Å². The van der Waals surface area contributed by atoms with Crippen LogP contribution in [0.25, 0.3) is 16.5 Å². The number of hydrogen-bond acceptors (Lipinski definition) is 5. The molecule has 0 radical (unpaired) electrons. The predicted molar refractivity (Wildman–Crippen MR) is 122 cm³/mol. The van der Waals surface area contributed by atoms with E-state index in [1.54, 1.807) is 57.2 Å². The van der Waals surface area contributed by atoms with Crippen LogP contribution in [0.15, 0.2) is 77.3 Å². The van der Waals surface area contributed by atoms with Gasteiger partial charge in [-0.2, -0.15) is 0 Å². The van der Waals surface area contributed by atoms with Gasteiger partial charge in [-0.1, -0.05) is 48.5 Å². The molecule has 0 unspecified atom stereocenters. The van der Waals surface area contributed by atoms with Gasteiger partial charge in [0.1, 0.15) is 5.70 Å². The number of Topliss-reactive ketones (excluding diaryl/α,β-unsaturated/α-hetero) is 1. The van der Waals surface area contributed by atoms with Crippen molar-refractivity contribution in [1.29, 1.82) is 0 Å². The number of ketones is 1. The van der Waals surface area contributed by atoms with E-state index in [0.717, 1.165) is 15.1 Å². The second-order valence-corrected chi connectivity index (χ2v) is 10.6. The Morgan fingerprint density at radius 1 is 0.875 bits per heavy atom. The zero-order valence-electron chi connectivity index (χ0n) is 18.2. The lowest BCUT2D eigenvalue weighted by Gasteiger charge is -2.31. The lowest BCUT2D eigenvalue weighted by atomic mass is 9.97. The number of esters is 1. The van der Waals surface area contributed by atoms with Gasteiger partial charge in [-0.05, 0) is 49.7 Å². The largest absolute Gasteiger partial charge is 0.423 e. The minimum Gasteiger partial charge on any atom is -0.423 e. The molecule has 0 amide bonds. The number of sulfonamides is 1. The minimum atomic E-state index is -4.01. The van der Waals surface area contributed by atoms with E-state index in [4.69, 9.17) is 4.74 Å². The summed E-state index contributed by atoms with van der Waals surface area (Å²) in [5.74, 6) is -1.18. The summed E-state index contributed by atoms with van der Waals surface area (Å²) < 4.78 is 33.0. The Bertz CT molecular complexity index is 1400. The highest BCUT2D eigenvalue weighted by molar-refractivity contribution is 7.89. The van der Waals surface area contributed by atoms with Crippen molar-refractivity contribution in [3.05, 3.63) is 83.6 Å². The Hall–Kier alpha value is -3.45. The fourth-order valence-corrected chi connectivity index (χ4v) is 4.87. The Labute approximate surface area is 187 Å². The molecule has 0 N–H and O–H groups in total. The number of carbonyl (C=O) groups excluding carboxylic acids is 2. The molecule has 1 aliphatic heterocycles. The molecule has 6 nitrogen and oxygen atoms in total. The molecule has 164 valence electrons. The fourth-order valence-electron chi connectivity index (χ4n) is 3.48. The zero-order chi connectivity index (χ0) is 23.3. The van der Waals surface area contributed by atoms with E-state index >= 15 is 0 Å². The number of likely N-dealkylation sites (N-methyl/N-ethyl adjacent to an activating group) is 1. The van der Waals surface area contributed by atoms with E-state index in [9.17, 15) is 18.0 Å². The lowest BCUT2D eigenvalue weighted by Crippen LogP contribution is -2.36. The SMILES string of the molecule is CN1C(C(=O)c2ccc3ccccc3c2)=C(OC(=O)C(C)(C)C)c2ccccc2S1(=O)=O. The van der Waals surface area contributed by atoms with E-state index in [0.29, 0.717) is 5.56 Å². The summed E-state index contributed by atoms with van der Waals surface area (Å²) in [4.78, 5) is 26.4. The third kappa shape index (κ3) is 3.58. The summed E-state index contributed by atoms with van der Waals surface area (Å²) in [6.07, 6.45) is 0. The fraction of sp³-hybridized carbons (Fsp3) is 0.200. The quantitative estimate of drug-likeness (QED) is 0.431. The molecular weight excluding hydrogens is 426 g/mol. The summed E-state index contributed by atoms with van der Waals surface area (Å²) in [5.41, 5.74) is -0.568. The molecule has 7 heteroatoms. The maximum atomic E-state index is 13.6. The molecular formula is C25H23NO5S. The first-order valence-electron chi connectivity index (χ1n) is 10.1. The van der Waals surface area contributed by atoms with Crippen molar-refractivity contribution in [2.75, 3.05) is 7.05 Å². The lowest BCUT2D eigenvalue weighted by molar-refractivity contribution is -0.145. The van der Waals surface area contributed by atoms with Gasteiger partial charge >= 0.3 is 5.97 Å². The minimum absolute atomic E-state index is 0.0192. The van der Waals surface area contributed by atoms with Crippen molar-refractivity contribution >= 4 is 38.3 Å². The van der Waals surface area contributed by atoms with Crippen LogP contribution < -0.4 is 0 Å². The Balaban J connectivity index is 1.96. The van der Waals surface area contributed by atoms with Crippen LogP contribution in [0.2, 0.25) is 0 Å². The van der Waals surface area contributed by atoms with Crippen molar-refractivity contribution in [1.82, 2.24) is 4.31 Å². The second kappa shape index (κ2) is 7.60. The van der Waals surface area contributed by atoms with Gasteiger partial charge in [0.25, 0.3) is 10.0 Å². The van der Waals surface area contributed by atoms with E-state index in [-0.39, 0.29) is 21.9 Å². The number of nitrogens with zero attached hydrogens (tertiary/aromatic N) is 1. The molecule has 1 heterocycles. The van der Waals surface area contributed by atoms with Gasteiger partial charge in [-0.15, -0.1) is 0 Å². The summed E-state index contributed by atoms with van der Waals surface area (Å²) in [5, 5.41) is 1.79. The van der Waals surface area contributed by atoms with Gasteiger partial charge < -0.3 is 4.74 Å². The van der Waals surface area contributed by atoms with E-state index in [1.165, 1.54) is 13.1 Å². The molecule has 3 aromatic rings. The van der Waals surface area contributed by atoms with Gasteiger partial charge in [0.2, 0.25) is 5.78 Å². The van der Waals surface area contributed by atoms with E-state index in [1.807, 2.05) is 24.3 Å². The third-order valence-corrected chi connectivity index (χ3v) is 7.15. The van der Waals surface area contributed by atoms with Crippen LogP contribution in [-0.4, -0.2) is 31.5 Å². The smallest absolute Gasteiger partial charge is 0.316 e. The van der Waals surface area contributed by atoms with Gasteiger partial charge in [0, 0.05) is 18.2 Å². The van der Waals surface area contributed by atoms with Crippen molar-refractivity contribution in [2.45, 2.75) is 25.7 Å².